The average molecular weight is 383 g/mol. The van der Waals surface area contributed by atoms with Crippen LogP contribution in [-0.2, 0) is 10.2 Å². The largest absolute Gasteiger partial charge is 0.332 e. The van der Waals surface area contributed by atoms with Crippen molar-refractivity contribution in [3.63, 3.8) is 0 Å². The maximum absolute atomic E-state index is 12.1. The summed E-state index contributed by atoms with van der Waals surface area (Å²) in [6.07, 6.45) is 3.40. The molecule has 2 aliphatic heterocycles. The van der Waals surface area contributed by atoms with Crippen LogP contribution >= 0.6 is 23.1 Å². The van der Waals surface area contributed by atoms with E-state index in [1.54, 1.807) is 0 Å². The maximum atomic E-state index is 12.1. The van der Waals surface area contributed by atoms with Crippen molar-refractivity contribution in [2.24, 2.45) is 0 Å². The van der Waals surface area contributed by atoms with Crippen molar-refractivity contribution in [2.45, 2.75) is 69.2 Å². The average Bonchev–Trinajstić information content (AvgIpc) is 3.19. The number of carbonyl (C=O) groups excluding carboxylic acids is 2. The molecule has 2 saturated heterocycles. The molecule has 0 bridgehead atoms. The van der Waals surface area contributed by atoms with Crippen LogP contribution in [0.2, 0.25) is 0 Å². The molecule has 3 amide bonds. The van der Waals surface area contributed by atoms with Crippen LogP contribution in [0.1, 0.15) is 52.1 Å². The molecule has 2 fully saturated rings. The molecule has 6 nitrogen and oxygen atoms in total. The lowest BCUT2D eigenvalue weighted by atomic mass is 9.93. The summed E-state index contributed by atoms with van der Waals surface area (Å²) in [5, 5.41) is 12.0. The molecular formula is C17H26N4O2S2. The number of thioether (sulfide) groups is 1. The van der Waals surface area contributed by atoms with E-state index < -0.39 is 0 Å². The number of nitrogens with one attached hydrogen (secondary N) is 3. The second kappa shape index (κ2) is 7.53. The lowest BCUT2D eigenvalue weighted by molar-refractivity contribution is -0.116. The van der Waals surface area contributed by atoms with Gasteiger partial charge in [-0.05, 0) is 12.8 Å². The number of anilines is 1. The van der Waals surface area contributed by atoms with Gasteiger partial charge in [0.2, 0.25) is 5.91 Å². The predicted octanol–water partition coefficient (Wildman–Crippen LogP) is 3.10. The Bertz CT molecular complexity index is 641. The first-order valence-electron chi connectivity index (χ1n) is 8.77. The minimum absolute atomic E-state index is 0.000794. The summed E-state index contributed by atoms with van der Waals surface area (Å²) in [6, 6.07) is 0.475. The summed E-state index contributed by atoms with van der Waals surface area (Å²) < 4.78 is 0. The first kappa shape index (κ1) is 18.5. The summed E-state index contributed by atoms with van der Waals surface area (Å²) in [7, 11) is 0. The van der Waals surface area contributed by atoms with E-state index in [-0.39, 0.29) is 29.4 Å². The van der Waals surface area contributed by atoms with E-state index in [4.69, 9.17) is 0 Å². The molecule has 0 saturated carbocycles. The summed E-state index contributed by atoms with van der Waals surface area (Å²) in [5.74, 6) is 1.01. The number of amides is 3. The van der Waals surface area contributed by atoms with Crippen LogP contribution in [0.3, 0.4) is 0 Å². The van der Waals surface area contributed by atoms with Crippen LogP contribution in [0.5, 0.6) is 0 Å². The third kappa shape index (κ3) is 4.67. The second-order valence-corrected chi connectivity index (χ2v) is 9.83. The third-order valence-corrected chi connectivity index (χ3v) is 6.87. The number of fused-ring (bicyclic) bond motifs is 1. The number of aromatic nitrogens is 1. The lowest BCUT2D eigenvalue weighted by Crippen LogP contribution is -2.36. The van der Waals surface area contributed by atoms with E-state index in [1.165, 1.54) is 11.3 Å². The number of carbonyl (C=O) groups is 2. The van der Waals surface area contributed by atoms with Gasteiger partial charge in [0.1, 0.15) is 0 Å². The molecule has 8 heteroatoms. The van der Waals surface area contributed by atoms with Gasteiger partial charge in [0, 0.05) is 28.2 Å². The summed E-state index contributed by atoms with van der Waals surface area (Å²) in [5.41, 5.74) is 1.01. The van der Waals surface area contributed by atoms with E-state index in [2.05, 4.69) is 41.7 Å². The fraction of sp³-hybridized carbons (Fsp3) is 0.706. The fourth-order valence-electron chi connectivity index (χ4n) is 3.13. The zero-order chi connectivity index (χ0) is 18.0. The zero-order valence-corrected chi connectivity index (χ0v) is 16.6. The molecule has 1 aromatic rings. The topological polar surface area (TPSA) is 83.1 Å². The van der Waals surface area contributed by atoms with E-state index in [1.807, 2.05) is 17.1 Å². The van der Waals surface area contributed by atoms with Gasteiger partial charge >= 0.3 is 6.03 Å². The van der Waals surface area contributed by atoms with Crippen LogP contribution in [0.25, 0.3) is 0 Å². The number of rotatable bonds is 6. The Labute approximate surface area is 156 Å². The molecule has 3 N–H and O–H groups in total. The molecule has 138 valence electrons. The maximum Gasteiger partial charge on any atom is 0.315 e. The van der Waals surface area contributed by atoms with Gasteiger partial charge in [-0.25, -0.2) is 9.78 Å². The summed E-state index contributed by atoms with van der Waals surface area (Å²) in [4.78, 5) is 27.9. The molecule has 0 aromatic carbocycles. The number of nitrogens with zero attached hydrogens (tertiary/aromatic N) is 1. The molecule has 3 atom stereocenters. The van der Waals surface area contributed by atoms with Gasteiger partial charge in [-0.15, -0.1) is 11.3 Å². The molecule has 1 aromatic heterocycles. The van der Waals surface area contributed by atoms with E-state index >= 15 is 0 Å². The van der Waals surface area contributed by atoms with Gasteiger partial charge in [0.25, 0.3) is 0 Å². The van der Waals surface area contributed by atoms with Crippen molar-refractivity contribution in [3.05, 3.63) is 11.1 Å². The van der Waals surface area contributed by atoms with Gasteiger partial charge in [-0.2, -0.15) is 11.8 Å². The Hall–Kier alpha value is -1.28. The van der Waals surface area contributed by atoms with Crippen LogP contribution in [0.15, 0.2) is 5.38 Å². The van der Waals surface area contributed by atoms with Crippen molar-refractivity contribution in [3.8, 4) is 0 Å². The molecule has 2 aliphatic rings. The van der Waals surface area contributed by atoms with Crippen molar-refractivity contribution in [1.82, 2.24) is 15.6 Å². The molecule has 3 heterocycles. The Kier molecular flexibility index (Phi) is 5.58. The SMILES string of the molecule is CC(C)(C)c1csc(NC(=O)CCCC[C@@H]2SC[C@H]3NC(=O)N[C@H]23)n1. The fourth-order valence-corrected chi connectivity index (χ4v) is 5.63. The predicted molar refractivity (Wildman–Crippen MR) is 103 cm³/mol. The molecule has 0 unspecified atom stereocenters. The van der Waals surface area contributed by atoms with Crippen molar-refractivity contribution < 1.29 is 9.59 Å². The van der Waals surface area contributed by atoms with Gasteiger partial charge in [-0.1, -0.05) is 27.2 Å². The number of thiazole rings is 1. The minimum atomic E-state index is -0.0437. The molecule has 25 heavy (non-hydrogen) atoms. The summed E-state index contributed by atoms with van der Waals surface area (Å²) in [6.45, 7) is 6.34. The monoisotopic (exact) mass is 382 g/mol. The first-order chi connectivity index (χ1) is 11.8. The molecule has 0 radical (unpaired) electrons. The Morgan fingerprint density at radius 1 is 1.36 bits per heavy atom. The minimum Gasteiger partial charge on any atom is -0.332 e. The summed E-state index contributed by atoms with van der Waals surface area (Å²) >= 11 is 3.40. The molecular weight excluding hydrogens is 356 g/mol. The third-order valence-electron chi connectivity index (χ3n) is 4.60. The smallest absolute Gasteiger partial charge is 0.315 e. The van der Waals surface area contributed by atoms with Crippen LogP contribution < -0.4 is 16.0 Å². The van der Waals surface area contributed by atoms with E-state index in [0.29, 0.717) is 16.8 Å². The van der Waals surface area contributed by atoms with Crippen molar-refractivity contribution in [2.75, 3.05) is 11.1 Å². The van der Waals surface area contributed by atoms with E-state index in [9.17, 15) is 9.59 Å². The number of unbranched alkanes of at least 4 members (excludes halogenated alkanes) is 1. The van der Waals surface area contributed by atoms with Gasteiger partial charge in [0.05, 0.1) is 17.8 Å². The number of urea groups is 1. The van der Waals surface area contributed by atoms with Crippen LogP contribution in [0.4, 0.5) is 9.93 Å². The highest BCUT2D eigenvalue weighted by Crippen LogP contribution is 2.33. The Morgan fingerprint density at radius 3 is 2.88 bits per heavy atom. The van der Waals surface area contributed by atoms with Gasteiger partial charge in [-0.3, -0.25) is 4.79 Å². The molecule has 3 rings (SSSR count). The van der Waals surface area contributed by atoms with Gasteiger partial charge in [0.15, 0.2) is 5.13 Å². The first-order valence-corrected chi connectivity index (χ1v) is 10.7. The second-order valence-electron chi connectivity index (χ2n) is 7.70. The van der Waals surface area contributed by atoms with Crippen molar-refractivity contribution in [1.29, 1.82) is 0 Å². The highest BCUT2D eigenvalue weighted by Gasteiger charge is 2.42. The zero-order valence-electron chi connectivity index (χ0n) is 14.9. The lowest BCUT2D eigenvalue weighted by Gasteiger charge is -2.16. The van der Waals surface area contributed by atoms with Gasteiger partial charge < -0.3 is 16.0 Å². The Balaban J connectivity index is 1.36. The van der Waals surface area contributed by atoms with E-state index in [0.717, 1.165) is 30.7 Å². The highest BCUT2D eigenvalue weighted by atomic mass is 32.2. The normalized spacial score (nSPS) is 25.4. The molecule has 0 aliphatic carbocycles. The molecule has 0 spiro atoms. The van der Waals surface area contributed by atoms with Crippen molar-refractivity contribution >= 4 is 40.2 Å². The van der Waals surface area contributed by atoms with Crippen LogP contribution in [-0.4, -0.2) is 40.0 Å². The Morgan fingerprint density at radius 2 is 2.16 bits per heavy atom. The van der Waals surface area contributed by atoms with Crippen LogP contribution in [0, 0.1) is 0 Å². The quantitative estimate of drug-likeness (QED) is 0.521. The number of hydrogen-bond donors (Lipinski definition) is 3. The number of hydrogen-bond acceptors (Lipinski definition) is 5. The standard InChI is InChI=1S/C17H26N4O2S2/c1-17(2,3)12-9-25-16(19-12)20-13(22)7-5-4-6-11-14-10(8-24-11)18-15(23)21-14/h9-11,14H,4-8H2,1-3H3,(H2,18,21,23)(H,19,20,22)/t10-,11+,14+/m1/s1. The highest BCUT2D eigenvalue weighted by molar-refractivity contribution is 8.00.